The molecule has 1 saturated heterocycles. The first-order valence-electron chi connectivity index (χ1n) is 23.0. The fourth-order valence-corrected chi connectivity index (χ4v) is 7.69. The molecule has 1 aliphatic rings. The monoisotopic (exact) mass is 866 g/mol. The van der Waals surface area contributed by atoms with Gasteiger partial charge in [-0.05, 0) is 57.3 Å². The van der Waals surface area contributed by atoms with E-state index in [2.05, 4.69) is 33.5 Å². The molecule has 352 valence electrons. The predicted octanol–water partition coefficient (Wildman–Crippen LogP) is 3.49. The summed E-state index contributed by atoms with van der Waals surface area (Å²) in [6.07, 6.45) is 12.2. The quantitative estimate of drug-likeness (QED) is 0.0475. The van der Waals surface area contributed by atoms with Crippen molar-refractivity contribution >= 4 is 41.4 Å². The Kier molecular flexibility index (Phi) is 26.0. The van der Waals surface area contributed by atoms with Gasteiger partial charge in [0.1, 0.15) is 29.7 Å². The van der Waals surface area contributed by atoms with Crippen molar-refractivity contribution in [3.63, 3.8) is 0 Å². The number of aliphatic hydroxyl groups is 2. The Morgan fingerprint density at radius 3 is 1.75 bits per heavy atom. The van der Waals surface area contributed by atoms with Gasteiger partial charge in [0.05, 0.1) is 18.8 Å². The fourth-order valence-electron chi connectivity index (χ4n) is 7.69. The Labute approximate surface area is 365 Å². The first kappa shape index (κ1) is 55.2. The van der Waals surface area contributed by atoms with Crippen molar-refractivity contribution < 1.29 is 43.8 Å². The molecule has 1 rings (SSSR count). The van der Waals surface area contributed by atoms with E-state index in [-0.39, 0.29) is 63.0 Å². The summed E-state index contributed by atoms with van der Waals surface area (Å²) in [6.45, 7) is 15.9. The molecule has 1 aliphatic heterocycles. The molecule has 1 fully saturated rings. The van der Waals surface area contributed by atoms with Gasteiger partial charge in [-0.2, -0.15) is 0 Å². The molecule has 1 heterocycles. The third kappa shape index (κ3) is 21.7. The number of nitrogens with two attached hydrogens (primary N) is 1. The zero-order valence-corrected chi connectivity index (χ0v) is 38.9. The molecular formula is C45H83N7O9. The largest absolute Gasteiger partial charge is 0.394 e. The highest BCUT2D eigenvalue weighted by molar-refractivity contribution is 5.97. The second kappa shape index (κ2) is 28.7. The molecule has 0 aliphatic carbocycles. The number of hydrogen-bond donors (Lipinski definition) is 8. The number of unbranched alkanes of at least 4 members (excludes halogenated alkanes) is 10. The number of β-amino-alcohol motifs (C(OH)–C–C–N with tert-alkyl or cyclic N) is 1. The van der Waals surface area contributed by atoms with Crippen LogP contribution in [0.15, 0.2) is 0 Å². The van der Waals surface area contributed by atoms with Crippen LogP contribution in [-0.2, 0) is 33.6 Å². The van der Waals surface area contributed by atoms with E-state index in [4.69, 9.17) is 5.73 Å². The van der Waals surface area contributed by atoms with Crippen LogP contribution in [0.4, 0.5) is 0 Å². The van der Waals surface area contributed by atoms with Crippen LogP contribution >= 0.6 is 0 Å². The Hall–Kier alpha value is -3.79. The number of rotatable bonds is 31. The fraction of sp³-hybridized carbons (Fsp3) is 0.844. The number of nitrogens with one attached hydrogen (secondary N) is 5. The normalized spacial score (nSPS) is 17.4. The lowest BCUT2D eigenvalue weighted by atomic mass is 9.98. The molecule has 2 unspecified atom stereocenters. The van der Waals surface area contributed by atoms with Crippen LogP contribution in [0, 0.1) is 17.8 Å². The van der Waals surface area contributed by atoms with Crippen molar-refractivity contribution in [2.45, 2.75) is 213 Å². The zero-order chi connectivity index (χ0) is 46.3. The molecule has 9 N–H and O–H groups in total. The number of aliphatic hydroxyl groups excluding tert-OH is 2. The number of amides is 7. The van der Waals surface area contributed by atoms with E-state index in [1.807, 2.05) is 27.7 Å². The summed E-state index contributed by atoms with van der Waals surface area (Å²) in [5, 5.41) is 34.1. The molecule has 0 radical (unpaired) electrons. The van der Waals surface area contributed by atoms with Gasteiger partial charge < -0.3 is 47.4 Å². The van der Waals surface area contributed by atoms with Gasteiger partial charge in [-0.3, -0.25) is 33.6 Å². The third-order valence-corrected chi connectivity index (χ3v) is 11.1. The molecule has 6 atom stereocenters. The minimum Gasteiger partial charge on any atom is -0.394 e. The number of primary amides is 1. The Bertz CT molecular complexity index is 1390. The Morgan fingerprint density at radius 1 is 0.705 bits per heavy atom. The highest BCUT2D eigenvalue weighted by Crippen LogP contribution is 2.23. The van der Waals surface area contributed by atoms with E-state index in [9.17, 15) is 43.8 Å². The summed E-state index contributed by atoms with van der Waals surface area (Å²) < 4.78 is 0. The van der Waals surface area contributed by atoms with Crippen LogP contribution in [0.1, 0.15) is 171 Å². The van der Waals surface area contributed by atoms with Gasteiger partial charge >= 0.3 is 0 Å². The summed E-state index contributed by atoms with van der Waals surface area (Å²) in [5.74, 6) is -4.53. The maximum atomic E-state index is 13.9. The second-order valence-corrected chi connectivity index (χ2v) is 18.8. The van der Waals surface area contributed by atoms with E-state index >= 15 is 0 Å². The van der Waals surface area contributed by atoms with Gasteiger partial charge in [0.2, 0.25) is 41.4 Å². The van der Waals surface area contributed by atoms with Gasteiger partial charge in [-0.1, -0.05) is 113 Å². The highest BCUT2D eigenvalue weighted by atomic mass is 16.3. The van der Waals surface area contributed by atoms with Crippen molar-refractivity contribution in [1.82, 2.24) is 31.5 Å². The summed E-state index contributed by atoms with van der Waals surface area (Å²) in [6, 6.07) is -5.19. The summed E-state index contributed by atoms with van der Waals surface area (Å²) in [5.41, 5.74) is 3.98. The van der Waals surface area contributed by atoms with Crippen molar-refractivity contribution in [2.75, 3.05) is 13.2 Å². The van der Waals surface area contributed by atoms with Gasteiger partial charge in [0.15, 0.2) is 0 Å². The lowest BCUT2D eigenvalue weighted by Gasteiger charge is -2.34. The molecule has 0 aromatic carbocycles. The average Bonchev–Trinajstić information content (AvgIpc) is 3.56. The molecule has 16 nitrogen and oxygen atoms in total. The smallest absolute Gasteiger partial charge is 0.248 e. The molecule has 61 heavy (non-hydrogen) atoms. The van der Waals surface area contributed by atoms with Gasteiger partial charge in [0.25, 0.3) is 0 Å². The lowest BCUT2D eigenvalue weighted by molar-refractivity contribution is -0.145. The number of carbonyl (C=O) groups is 7. The average molecular weight is 866 g/mol. The molecule has 7 amide bonds. The van der Waals surface area contributed by atoms with Crippen LogP contribution < -0.4 is 32.3 Å². The SMILES string of the molecule is CCCCCCCCCCCCCC(=O)NC(C)(C)C(=O)N1C[C@@H](O)C[C@H]1C(=O)NC(CC(C)C)C(=O)N[C@H](C(=O)NC(CCC(N)=O)C(=O)N[C@H](CO)CC(C)C)C(C)C. The minimum atomic E-state index is -1.37. The van der Waals surface area contributed by atoms with Crippen LogP contribution in [0.3, 0.4) is 0 Å². The standard InChI is InChI=1S/C45H83N7O9/c1-10-11-12-13-14-15-16-17-18-19-20-21-38(56)51-45(8,9)44(61)52-27-33(54)26-36(52)42(59)49-35(25-30(4)5)41(58)50-39(31(6)7)43(60)48-34(22-23-37(46)55)40(57)47-32(28-53)24-29(2)3/h29-36,39,53-54H,10-28H2,1-9H3,(H2,46,55)(H,47,57)(H,48,60)(H,49,59)(H,50,58)(H,51,56)/t32-,33-,34?,35?,36-,39-/m0/s1. The predicted molar refractivity (Wildman–Crippen MR) is 236 cm³/mol. The lowest BCUT2D eigenvalue weighted by Crippen LogP contribution is -2.61. The summed E-state index contributed by atoms with van der Waals surface area (Å²) in [7, 11) is 0. The highest BCUT2D eigenvalue weighted by Gasteiger charge is 2.45. The van der Waals surface area contributed by atoms with Crippen molar-refractivity contribution in [3.8, 4) is 0 Å². The van der Waals surface area contributed by atoms with Crippen LogP contribution in [0.5, 0.6) is 0 Å². The summed E-state index contributed by atoms with van der Waals surface area (Å²) in [4.78, 5) is 94.5. The van der Waals surface area contributed by atoms with Crippen molar-refractivity contribution in [1.29, 1.82) is 0 Å². The van der Waals surface area contributed by atoms with Gasteiger partial charge in [-0.25, -0.2) is 0 Å². The van der Waals surface area contributed by atoms with Crippen molar-refractivity contribution in [2.24, 2.45) is 23.5 Å². The zero-order valence-electron chi connectivity index (χ0n) is 38.9. The van der Waals surface area contributed by atoms with Gasteiger partial charge in [-0.15, -0.1) is 0 Å². The van der Waals surface area contributed by atoms with Gasteiger partial charge in [0, 0.05) is 25.8 Å². The molecular weight excluding hydrogens is 783 g/mol. The molecule has 0 spiro atoms. The topological polar surface area (TPSA) is 249 Å². The number of carbonyl (C=O) groups excluding carboxylic acids is 7. The van der Waals surface area contributed by atoms with E-state index in [1.165, 1.54) is 49.8 Å². The minimum absolute atomic E-state index is 0.0730. The van der Waals surface area contributed by atoms with E-state index in [1.54, 1.807) is 27.7 Å². The second-order valence-electron chi connectivity index (χ2n) is 18.8. The summed E-state index contributed by atoms with van der Waals surface area (Å²) >= 11 is 0. The number of nitrogens with zero attached hydrogens (tertiary/aromatic N) is 1. The first-order valence-corrected chi connectivity index (χ1v) is 23.0. The number of likely N-dealkylation sites (tertiary alicyclic amines) is 1. The third-order valence-electron chi connectivity index (χ3n) is 11.1. The Balaban J connectivity index is 2.99. The molecule has 0 aromatic heterocycles. The Morgan fingerprint density at radius 2 is 1.25 bits per heavy atom. The maximum Gasteiger partial charge on any atom is 0.248 e. The molecule has 0 saturated carbocycles. The van der Waals surface area contributed by atoms with E-state index < -0.39 is 83.2 Å². The van der Waals surface area contributed by atoms with E-state index in [0.717, 1.165) is 19.3 Å². The van der Waals surface area contributed by atoms with Crippen LogP contribution in [0.2, 0.25) is 0 Å². The first-order chi connectivity index (χ1) is 28.6. The van der Waals surface area contributed by atoms with E-state index in [0.29, 0.717) is 12.8 Å². The molecule has 0 bridgehead atoms. The van der Waals surface area contributed by atoms with Crippen molar-refractivity contribution in [3.05, 3.63) is 0 Å². The number of hydrogen-bond acceptors (Lipinski definition) is 9. The molecule has 16 heteroatoms. The molecule has 0 aromatic rings. The van der Waals surface area contributed by atoms with Crippen LogP contribution in [-0.4, -0.2) is 111 Å². The maximum absolute atomic E-state index is 13.9. The van der Waals surface area contributed by atoms with Crippen LogP contribution in [0.25, 0.3) is 0 Å².